The van der Waals surface area contributed by atoms with Crippen LogP contribution in [0.4, 0.5) is 0 Å². The molecule has 1 rings (SSSR count). The number of carbonyl (C=O) groups is 1. The van der Waals surface area contributed by atoms with E-state index < -0.39 is 11.9 Å². The highest BCUT2D eigenvalue weighted by atomic mass is 16.5. The van der Waals surface area contributed by atoms with E-state index in [1.54, 1.807) is 0 Å². The Morgan fingerprint density at radius 2 is 2.60 bits per heavy atom. The normalized spacial score (nSPS) is 24.2. The predicted octanol–water partition coefficient (Wildman–Crippen LogP) is -0.251. The number of carbonyl (C=O) groups excluding carboxylic acids is 1. The maximum absolute atomic E-state index is 10.5. The average Bonchev–Trinajstić information content (AvgIpc) is 2.05. The summed E-state index contributed by atoms with van der Waals surface area (Å²) < 4.78 is 4.84. The smallest absolute Gasteiger partial charge is 0.312 e. The van der Waals surface area contributed by atoms with Crippen LogP contribution in [0.2, 0.25) is 0 Å². The molecule has 0 bridgehead atoms. The van der Waals surface area contributed by atoms with E-state index in [9.17, 15) is 9.70 Å². The zero-order chi connectivity index (χ0) is 7.40. The third kappa shape index (κ3) is 1.44. The number of ether oxygens (including phenoxy) is 1. The third-order valence-electron chi connectivity index (χ3n) is 1.13. The summed E-state index contributed by atoms with van der Waals surface area (Å²) in [5, 5.41) is 2.23. The number of nitroso groups, excluding NO2 is 1. The first kappa shape index (κ1) is 7.01. The summed E-state index contributed by atoms with van der Waals surface area (Å²) >= 11 is 0. The molecule has 1 atom stereocenters. The van der Waals surface area contributed by atoms with Crippen molar-refractivity contribution >= 4 is 12.1 Å². The van der Waals surface area contributed by atoms with Crippen molar-refractivity contribution in [3.05, 3.63) is 4.91 Å². The van der Waals surface area contributed by atoms with Crippen LogP contribution in [0.3, 0.4) is 0 Å². The van der Waals surface area contributed by atoms with Gasteiger partial charge in [-0.25, -0.2) is 0 Å². The minimum absolute atomic E-state index is 0.168. The van der Waals surface area contributed by atoms with Crippen molar-refractivity contribution in [1.82, 2.24) is 0 Å². The van der Waals surface area contributed by atoms with Gasteiger partial charge in [0.2, 0.25) is 0 Å². The SMILES string of the molecule is O=NC(=O)C1COCC=N1. The Bertz CT molecular complexity index is 178. The Balaban J connectivity index is 2.54. The van der Waals surface area contributed by atoms with Crippen LogP contribution in [0.5, 0.6) is 0 Å². The maximum Gasteiger partial charge on any atom is 0.312 e. The van der Waals surface area contributed by atoms with Gasteiger partial charge in [0.25, 0.3) is 0 Å². The Morgan fingerprint density at radius 3 is 3.10 bits per heavy atom. The van der Waals surface area contributed by atoms with E-state index >= 15 is 0 Å². The second kappa shape index (κ2) is 3.17. The molecule has 0 aromatic rings. The molecule has 5 nitrogen and oxygen atoms in total. The summed E-state index contributed by atoms with van der Waals surface area (Å²) in [7, 11) is 0. The van der Waals surface area contributed by atoms with Gasteiger partial charge in [-0.05, 0) is 0 Å². The Hall–Kier alpha value is -1.10. The van der Waals surface area contributed by atoms with E-state index in [1.807, 2.05) is 0 Å². The van der Waals surface area contributed by atoms with E-state index in [2.05, 4.69) is 10.2 Å². The van der Waals surface area contributed by atoms with Gasteiger partial charge >= 0.3 is 5.91 Å². The molecule has 0 saturated heterocycles. The van der Waals surface area contributed by atoms with Crippen molar-refractivity contribution in [3.63, 3.8) is 0 Å². The molecule has 1 amide bonds. The Kier molecular flexibility index (Phi) is 2.22. The van der Waals surface area contributed by atoms with E-state index in [0.29, 0.717) is 6.61 Å². The first-order valence-electron chi connectivity index (χ1n) is 2.81. The average molecular weight is 142 g/mol. The van der Waals surface area contributed by atoms with Gasteiger partial charge in [0, 0.05) is 11.4 Å². The van der Waals surface area contributed by atoms with Crippen molar-refractivity contribution in [3.8, 4) is 0 Å². The van der Waals surface area contributed by atoms with Gasteiger partial charge in [-0.15, -0.1) is 4.91 Å². The van der Waals surface area contributed by atoms with Crippen molar-refractivity contribution in [2.24, 2.45) is 10.2 Å². The topological polar surface area (TPSA) is 68.1 Å². The molecule has 1 unspecified atom stereocenters. The summed E-state index contributed by atoms with van der Waals surface area (Å²) in [5.41, 5.74) is 0. The molecule has 1 aliphatic rings. The highest BCUT2D eigenvalue weighted by Crippen LogP contribution is 1.98. The van der Waals surface area contributed by atoms with Crippen LogP contribution in [-0.4, -0.2) is 31.4 Å². The van der Waals surface area contributed by atoms with Gasteiger partial charge in [-0.2, -0.15) is 0 Å². The van der Waals surface area contributed by atoms with Gasteiger partial charge in [0.05, 0.1) is 13.2 Å². The first-order chi connectivity index (χ1) is 4.84. The van der Waals surface area contributed by atoms with Crippen LogP contribution >= 0.6 is 0 Å². The van der Waals surface area contributed by atoms with Gasteiger partial charge in [-0.1, -0.05) is 0 Å². The number of hydrogen-bond acceptors (Lipinski definition) is 4. The fourth-order valence-electron chi connectivity index (χ4n) is 0.642. The summed E-state index contributed by atoms with van der Waals surface area (Å²) in [6, 6.07) is -0.703. The first-order valence-corrected chi connectivity index (χ1v) is 2.81. The minimum Gasteiger partial charge on any atom is -0.373 e. The second-order valence-corrected chi connectivity index (χ2v) is 1.81. The lowest BCUT2D eigenvalue weighted by Crippen LogP contribution is -2.26. The van der Waals surface area contributed by atoms with Crippen LogP contribution in [0.1, 0.15) is 0 Å². The highest BCUT2D eigenvalue weighted by molar-refractivity contribution is 5.84. The molecular weight excluding hydrogens is 136 g/mol. The quantitative estimate of drug-likeness (QED) is 0.474. The molecule has 10 heavy (non-hydrogen) atoms. The van der Waals surface area contributed by atoms with Crippen LogP contribution in [0, 0.1) is 4.91 Å². The van der Waals surface area contributed by atoms with E-state index in [1.165, 1.54) is 6.21 Å². The summed E-state index contributed by atoms with van der Waals surface area (Å²) in [4.78, 5) is 23.9. The minimum atomic E-state index is -0.768. The van der Waals surface area contributed by atoms with Crippen LogP contribution < -0.4 is 0 Å². The number of hydrogen-bond donors (Lipinski definition) is 0. The lowest BCUT2D eigenvalue weighted by molar-refractivity contribution is -0.120. The number of aliphatic imine (C=N–C) groups is 1. The number of rotatable bonds is 1. The van der Waals surface area contributed by atoms with Gasteiger partial charge in [-0.3, -0.25) is 9.79 Å². The molecule has 1 aliphatic heterocycles. The molecule has 0 aromatic heterocycles. The van der Waals surface area contributed by atoms with Crippen molar-refractivity contribution in [1.29, 1.82) is 0 Å². The van der Waals surface area contributed by atoms with E-state index in [-0.39, 0.29) is 6.61 Å². The molecule has 54 valence electrons. The molecule has 1 heterocycles. The fraction of sp³-hybridized carbons (Fsp3) is 0.600. The molecule has 0 fully saturated rings. The van der Waals surface area contributed by atoms with Crippen LogP contribution in [-0.2, 0) is 9.53 Å². The van der Waals surface area contributed by atoms with Crippen molar-refractivity contribution in [2.45, 2.75) is 6.04 Å². The molecular formula is C5H6N2O3. The summed E-state index contributed by atoms with van der Waals surface area (Å²) in [6.07, 6.45) is 1.46. The van der Waals surface area contributed by atoms with Gasteiger partial charge < -0.3 is 4.74 Å². The fourth-order valence-corrected chi connectivity index (χ4v) is 0.642. The van der Waals surface area contributed by atoms with Crippen molar-refractivity contribution < 1.29 is 9.53 Å². The number of amides is 1. The second-order valence-electron chi connectivity index (χ2n) is 1.81. The summed E-state index contributed by atoms with van der Waals surface area (Å²) in [5.74, 6) is -0.768. The maximum atomic E-state index is 10.5. The standard InChI is InChI=1S/C5H6N2O3/c8-5(7-9)4-3-10-2-1-6-4/h1,4H,2-3H2. The van der Waals surface area contributed by atoms with E-state index in [0.717, 1.165) is 0 Å². The number of nitrogens with zero attached hydrogens (tertiary/aromatic N) is 2. The lowest BCUT2D eigenvalue weighted by Gasteiger charge is -2.10. The largest absolute Gasteiger partial charge is 0.373 e. The molecule has 0 radical (unpaired) electrons. The zero-order valence-corrected chi connectivity index (χ0v) is 5.19. The monoisotopic (exact) mass is 142 g/mol. The molecule has 5 heteroatoms. The highest BCUT2D eigenvalue weighted by Gasteiger charge is 2.19. The third-order valence-corrected chi connectivity index (χ3v) is 1.13. The molecule has 0 spiro atoms. The molecule has 0 aliphatic carbocycles. The molecule has 0 aromatic carbocycles. The van der Waals surface area contributed by atoms with Crippen LogP contribution in [0.15, 0.2) is 10.2 Å². The molecule has 0 saturated carbocycles. The zero-order valence-electron chi connectivity index (χ0n) is 5.19. The Labute approximate surface area is 57.1 Å². The Morgan fingerprint density at radius 1 is 1.80 bits per heavy atom. The predicted molar refractivity (Wildman–Crippen MR) is 33.9 cm³/mol. The van der Waals surface area contributed by atoms with E-state index in [4.69, 9.17) is 4.74 Å². The molecule has 0 N–H and O–H groups in total. The van der Waals surface area contributed by atoms with Crippen LogP contribution in [0.25, 0.3) is 0 Å². The van der Waals surface area contributed by atoms with Gasteiger partial charge in [0.15, 0.2) is 6.04 Å². The lowest BCUT2D eigenvalue weighted by atomic mass is 10.3. The van der Waals surface area contributed by atoms with Gasteiger partial charge in [0.1, 0.15) is 0 Å². The van der Waals surface area contributed by atoms with Crippen molar-refractivity contribution in [2.75, 3.05) is 13.2 Å². The summed E-state index contributed by atoms with van der Waals surface area (Å²) in [6.45, 7) is 0.573.